The summed E-state index contributed by atoms with van der Waals surface area (Å²) in [6.45, 7) is 5.19. The highest BCUT2D eigenvalue weighted by molar-refractivity contribution is 5.65. The van der Waals surface area contributed by atoms with Gasteiger partial charge in [-0.15, -0.1) is 0 Å². The maximum Gasteiger partial charge on any atom is 0.132 e. The fraction of sp³-hybridized carbons (Fsp3) is 0.389. The fourth-order valence-electron chi connectivity index (χ4n) is 2.86. The zero-order valence-electron chi connectivity index (χ0n) is 12.7. The van der Waals surface area contributed by atoms with Crippen LogP contribution in [0, 0.1) is 0 Å². The van der Waals surface area contributed by atoms with Gasteiger partial charge in [0, 0.05) is 25.0 Å². The molecule has 1 aliphatic rings. The maximum absolute atomic E-state index is 4.67. The molecule has 3 nitrogen and oxygen atoms in total. The maximum atomic E-state index is 4.67. The highest BCUT2D eigenvalue weighted by Crippen LogP contribution is 2.31. The van der Waals surface area contributed by atoms with E-state index in [1.54, 1.807) is 0 Å². The van der Waals surface area contributed by atoms with Gasteiger partial charge in [0.05, 0.1) is 0 Å². The Labute approximate surface area is 127 Å². The molecular weight excluding hydrogens is 258 g/mol. The summed E-state index contributed by atoms with van der Waals surface area (Å²) in [6.07, 6.45) is 5.52. The monoisotopic (exact) mass is 281 g/mol. The van der Waals surface area contributed by atoms with E-state index in [1.165, 1.54) is 29.7 Å². The average Bonchev–Trinajstić information content (AvgIpc) is 2.55. The van der Waals surface area contributed by atoms with Crippen LogP contribution in [0.2, 0.25) is 0 Å². The van der Waals surface area contributed by atoms with Crippen LogP contribution in [0.5, 0.6) is 0 Å². The smallest absolute Gasteiger partial charge is 0.132 e. The van der Waals surface area contributed by atoms with Crippen molar-refractivity contribution in [2.24, 2.45) is 0 Å². The van der Waals surface area contributed by atoms with Crippen LogP contribution < -0.4 is 10.2 Å². The van der Waals surface area contributed by atoms with Crippen molar-refractivity contribution in [1.82, 2.24) is 10.3 Å². The average molecular weight is 281 g/mol. The van der Waals surface area contributed by atoms with Crippen molar-refractivity contribution in [2.45, 2.75) is 32.7 Å². The van der Waals surface area contributed by atoms with E-state index in [1.807, 2.05) is 6.20 Å². The van der Waals surface area contributed by atoms with Crippen molar-refractivity contribution in [3.05, 3.63) is 53.7 Å². The molecule has 0 saturated heterocycles. The zero-order chi connectivity index (χ0) is 14.5. The Morgan fingerprint density at radius 3 is 2.90 bits per heavy atom. The quantitative estimate of drug-likeness (QED) is 0.848. The molecule has 0 radical (unpaired) electrons. The van der Waals surface area contributed by atoms with Gasteiger partial charge in [-0.05, 0) is 49.1 Å². The van der Waals surface area contributed by atoms with E-state index >= 15 is 0 Å². The Hall–Kier alpha value is -1.87. The standard InChI is InChI=1S/C18H23N3/c1-2-11-19-13-15-9-10-18(20-14-15)21-12-5-7-16-6-3-4-8-17(16)21/h3-4,6,8-10,14,19H,2,5,7,11-13H2,1H3. The van der Waals surface area contributed by atoms with Gasteiger partial charge in [-0.25, -0.2) is 4.98 Å². The lowest BCUT2D eigenvalue weighted by atomic mass is 10.0. The predicted molar refractivity (Wildman–Crippen MR) is 88.0 cm³/mol. The van der Waals surface area contributed by atoms with Gasteiger partial charge in [-0.3, -0.25) is 0 Å². The molecule has 0 amide bonds. The molecule has 110 valence electrons. The van der Waals surface area contributed by atoms with E-state index in [9.17, 15) is 0 Å². The van der Waals surface area contributed by atoms with Crippen molar-refractivity contribution in [2.75, 3.05) is 18.0 Å². The van der Waals surface area contributed by atoms with Crippen LogP contribution in [-0.4, -0.2) is 18.1 Å². The third-order valence-corrected chi connectivity index (χ3v) is 3.95. The highest BCUT2D eigenvalue weighted by atomic mass is 15.2. The van der Waals surface area contributed by atoms with Crippen molar-refractivity contribution in [3.63, 3.8) is 0 Å². The van der Waals surface area contributed by atoms with E-state index in [4.69, 9.17) is 0 Å². The lowest BCUT2D eigenvalue weighted by Gasteiger charge is -2.30. The Morgan fingerprint density at radius 2 is 2.10 bits per heavy atom. The number of para-hydroxylation sites is 1. The summed E-state index contributed by atoms with van der Waals surface area (Å²) < 4.78 is 0. The molecule has 3 rings (SSSR count). The third-order valence-electron chi connectivity index (χ3n) is 3.95. The number of fused-ring (bicyclic) bond motifs is 1. The van der Waals surface area contributed by atoms with Crippen LogP contribution in [0.15, 0.2) is 42.6 Å². The molecule has 1 N–H and O–H groups in total. The molecule has 0 atom stereocenters. The Kier molecular flexibility index (Phi) is 4.51. The van der Waals surface area contributed by atoms with Gasteiger partial charge in [0.25, 0.3) is 0 Å². The molecule has 0 fully saturated rings. The molecule has 0 saturated carbocycles. The van der Waals surface area contributed by atoms with Crippen molar-refractivity contribution in [3.8, 4) is 0 Å². The molecule has 3 heteroatoms. The minimum absolute atomic E-state index is 0.901. The molecule has 1 aliphatic heterocycles. The molecule has 1 aromatic carbocycles. The van der Waals surface area contributed by atoms with Crippen LogP contribution in [0.4, 0.5) is 11.5 Å². The SMILES string of the molecule is CCCNCc1ccc(N2CCCc3ccccc32)nc1. The van der Waals surface area contributed by atoms with Gasteiger partial charge in [0.1, 0.15) is 5.82 Å². The second-order valence-electron chi connectivity index (χ2n) is 5.59. The number of anilines is 2. The van der Waals surface area contributed by atoms with Crippen LogP contribution in [-0.2, 0) is 13.0 Å². The summed E-state index contributed by atoms with van der Waals surface area (Å²) in [7, 11) is 0. The summed E-state index contributed by atoms with van der Waals surface area (Å²) in [5.74, 6) is 1.06. The first kappa shape index (κ1) is 14.1. The number of aryl methyl sites for hydroxylation is 1. The van der Waals surface area contributed by atoms with E-state index in [0.29, 0.717) is 0 Å². The third kappa shape index (κ3) is 3.24. The molecule has 0 spiro atoms. The molecule has 0 unspecified atom stereocenters. The van der Waals surface area contributed by atoms with Gasteiger partial charge < -0.3 is 10.2 Å². The summed E-state index contributed by atoms with van der Waals surface area (Å²) in [6, 6.07) is 13.0. The summed E-state index contributed by atoms with van der Waals surface area (Å²) in [5.41, 5.74) is 3.99. The Morgan fingerprint density at radius 1 is 1.19 bits per heavy atom. The molecule has 0 bridgehead atoms. The number of benzene rings is 1. The lowest BCUT2D eigenvalue weighted by Crippen LogP contribution is -2.25. The first-order valence-electron chi connectivity index (χ1n) is 7.89. The summed E-state index contributed by atoms with van der Waals surface area (Å²) >= 11 is 0. The number of hydrogen-bond acceptors (Lipinski definition) is 3. The lowest BCUT2D eigenvalue weighted by molar-refractivity contribution is 0.673. The van der Waals surface area contributed by atoms with E-state index < -0.39 is 0 Å². The minimum Gasteiger partial charge on any atom is -0.326 e. The van der Waals surface area contributed by atoms with E-state index in [0.717, 1.165) is 31.9 Å². The topological polar surface area (TPSA) is 28.2 Å². The molecule has 1 aromatic heterocycles. The van der Waals surface area contributed by atoms with Gasteiger partial charge in [0.15, 0.2) is 0 Å². The molecule has 2 aromatic rings. The number of hydrogen-bond donors (Lipinski definition) is 1. The van der Waals surface area contributed by atoms with Gasteiger partial charge in [0.2, 0.25) is 0 Å². The second-order valence-corrected chi connectivity index (χ2v) is 5.59. The number of nitrogens with zero attached hydrogens (tertiary/aromatic N) is 2. The number of pyridine rings is 1. The van der Waals surface area contributed by atoms with Crippen molar-refractivity contribution < 1.29 is 0 Å². The normalized spacial score (nSPS) is 14.0. The number of nitrogens with one attached hydrogen (secondary N) is 1. The van der Waals surface area contributed by atoms with E-state index in [2.05, 4.69) is 58.5 Å². The van der Waals surface area contributed by atoms with Gasteiger partial charge in [-0.2, -0.15) is 0 Å². The second kappa shape index (κ2) is 6.72. The summed E-state index contributed by atoms with van der Waals surface area (Å²) in [5, 5.41) is 3.41. The van der Waals surface area contributed by atoms with E-state index in [-0.39, 0.29) is 0 Å². The Balaban J connectivity index is 1.76. The Bertz CT molecular complexity index is 577. The molecule has 2 heterocycles. The highest BCUT2D eigenvalue weighted by Gasteiger charge is 2.18. The number of aromatic nitrogens is 1. The molecular formula is C18H23N3. The van der Waals surface area contributed by atoms with Crippen LogP contribution in [0.1, 0.15) is 30.9 Å². The molecule has 21 heavy (non-hydrogen) atoms. The van der Waals surface area contributed by atoms with Gasteiger partial charge >= 0.3 is 0 Å². The summed E-state index contributed by atoms with van der Waals surface area (Å²) in [4.78, 5) is 7.00. The minimum atomic E-state index is 0.901. The fourth-order valence-corrected chi connectivity index (χ4v) is 2.86. The number of rotatable bonds is 5. The van der Waals surface area contributed by atoms with Crippen LogP contribution in [0.3, 0.4) is 0 Å². The van der Waals surface area contributed by atoms with Crippen LogP contribution >= 0.6 is 0 Å². The van der Waals surface area contributed by atoms with Crippen molar-refractivity contribution >= 4 is 11.5 Å². The molecule has 0 aliphatic carbocycles. The van der Waals surface area contributed by atoms with Crippen LogP contribution in [0.25, 0.3) is 0 Å². The predicted octanol–water partition coefficient (Wildman–Crippen LogP) is 3.67. The first-order chi connectivity index (χ1) is 10.4. The first-order valence-corrected chi connectivity index (χ1v) is 7.89. The van der Waals surface area contributed by atoms with Gasteiger partial charge in [-0.1, -0.05) is 31.2 Å². The van der Waals surface area contributed by atoms with Crippen molar-refractivity contribution in [1.29, 1.82) is 0 Å². The largest absolute Gasteiger partial charge is 0.326 e. The zero-order valence-corrected chi connectivity index (χ0v) is 12.7.